The number of nitrogens with one attached hydrogen (secondary N) is 1. The van der Waals surface area contributed by atoms with Crippen LogP contribution in [-0.2, 0) is 13.0 Å². The number of phenolic OH excluding ortho intramolecular Hbond substituents is 1. The third kappa shape index (κ3) is 6.86. The van der Waals surface area contributed by atoms with Crippen LogP contribution in [0.5, 0.6) is 17.2 Å². The van der Waals surface area contributed by atoms with Gasteiger partial charge in [-0.2, -0.15) is 0 Å². The van der Waals surface area contributed by atoms with Crippen molar-refractivity contribution >= 4 is 29.9 Å². The Kier molecular flexibility index (Phi) is 10.3. The van der Waals surface area contributed by atoms with E-state index >= 15 is 0 Å². The maximum Gasteiger partial charge on any atom is 0.193 e. The second kappa shape index (κ2) is 12.7. The van der Waals surface area contributed by atoms with E-state index < -0.39 is 0 Å². The molecule has 1 aliphatic rings. The van der Waals surface area contributed by atoms with Crippen molar-refractivity contribution in [1.82, 2.24) is 15.1 Å². The predicted molar refractivity (Wildman–Crippen MR) is 135 cm³/mol. The molecule has 2 aromatic rings. The smallest absolute Gasteiger partial charge is 0.193 e. The van der Waals surface area contributed by atoms with Crippen LogP contribution in [0.25, 0.3) is 0 Å². The summed E-state index contributed by atoms with van der Waals surface area (Å²) in [4.78, 5) is 8.93. The topological polar surface area (TPSA) is 69.6 Å². The Balaban J connectivity index is 0.00000363. The summed E-state index contributed by atoms with van der Waals surface area (Å²) in [5.74, 6) is 1.67. The van der Waals surface area contributed by atoms with Crippen molar-refractivity contribution in [2.45, 2.75) is 13.0 Å². The molecule has 32 heavy (non-hydrogen) atoms. The quantitative estimate of drug-likeness (QED) is 0.310. The molecular weight excluding hydrogens is 526 g/mol. The highest BCUT2D eigenvalue weighted by molar-refractivity contribution is 14.0. The van der Waals surface area contributed by atoms with Crippen molar-refractivity contribution in [3.05, 3.63) is 53.3 Å². The minimum atomic E-state index is -0.328. The highest BCUT2D eigenvalue weighted by Crippen LogP contribution is 2.23. The van der Waals surface area contributed by atoms with Crippen LogP contribution in [0.2, 0.25) is 0 Å². The number of rotatable bonds is 7. The Morgan fingerprint density at radius 2 is 1.84 bits per heavy atom. The lowest BCUT2D eigenvalue weighted by atomic mass is 10.1. The molecule has 1 heterocycles. The summed E-state index contributed by atoms with van der Waals surface area (Å²) in [6.07, 6.45) is 0.678. The van der Waals surface area contributed by atoms with Crippen LogP contribution in [0.15, 0.2) is 41.4 Å². The van der Waals surface area contributed by atoms with Gasteiger partial charge in [0.25, 0.3) is 0 Å². The molecule has 2 N–H and O–H groups in total. The van der Waals surface area contributed by atoms with Gasteiger partial charge in [-0.3, -0.25) is 9.89 Å². The number of piperazine rings is 1. The molecule has 9 heteroatoms. The van der Waals surface area contributed by atoms with E-state index in [1.807, 2.05) is 18.2 Å². The summed E-state index contributed by atoms with van der Waals surface area (Å²) in [7, 11) is 4.83. The van der Waals surface area contributed by atoms with E-state index in [2.05, 4.69) is 20.1 Å². The van der Waals surface area contributed by atoms with Crippen molar-refractivity contribution < 1.29 is 19.0 Å². The first-order valence-electron chi connectivity index (χ1n) is 10.4. The van der Waals surface area contributed by atoms with Gasteiger partial charge in [0, 0.05) is 52.4 Å². The summed E-state index contributed by atoms with van der Waals surface area (Å²) in [6, 6.07) is 10.5. The number of aliphatic imine (C=N–C) groups is 1. The largest absolute Gasteiger partial charge is 0.508 e. The van der Waals surface area contributed by atoms with E-state index in [1.54, 1.807) is 32.4 Å². The third-order valence-electron chi connectivity index (χ3n) is 5.48. The lowest BCUT2D eigenvalue weighted by molar-refractivity contribution is 0.172. The molecule has 0 radical (unpaired) electrons. The van der Waals surface area contributed by atoms with E-state index in [0.29, 0.717) is 25.3 Å². The number of benzene rings is 2. The van der Waals surface area contributed by atoms with E-state index in [1.165, 1.54) is 7.11 Å². The van der Waals surface area contributed by atoms with Gasteiger partial charge in [0.2, 0.25) is 0 Å². The van der Waals surface area contributed by atoms with Gasteiger partial charge in [-0.25, -0.2) is 4.39 Å². The first-order valence-corrected chi connectivity index (χ1v) is 10.4. The molecule has 0 aromatic heterocycles. The van der Waals surface area contributed by atoms with Gasteiger partial charge < -0.3 is 24.8 Å². The van der Waals surface area contributed by atoms with Crippen LogP contribution in [0, 0.1) is 5.82 Å². The Morgan fingerprint density at radius 3 is 2.44 bits per heavy atom. The molecule has 0 amide bonds. The second-order valence-corrected chi connectivity index (χ2v) is 7.45. The Bertz CT molecular complexity index is 905. The van der Waals surface area contributed by atoms with Gasteiger partial charge in [-0.05, 0) is 35.7 Å². The van der Waals surface area contributed by atoms with Crippen molar-refractivity contribution in [3.8, 4) is 17.2 Å². The molecule has 1 aliphatic heterocycles. The van der Waals surface area contributed by atoms with Crippen molar-refractivity contribution in [1.29, 1.82) is 0 Å². The number of ether oxygens (including phenoxy) is 2. The Hall–Kier alpha value is -2.27. The molecule has 0 atom stereocenters. The van der Waals surface area contributed by atoms with E-state index in [4.69, 9.17) is 9.47 Å². The fourth-order valence-corrected chi connectivity index (χ4v) is 3.71. The number of hydrogen-bond donors (Lipinski definition) is 2. The zero-order valence-electron chi connectivity index (χ0n) is 18.8. The predicted octanol–water partition coefficient (Wildman–Crippen LogP) is 3.10. The second-order valence-electron chi connectivity index (χ2n) is 7.45. The molecule has 176 valence electrons. The lowest BCUT2D eigenvalue weighted by Crippen LogP contribution is -2.52. The highest BCUT2D eigenvalue weighted by atomic mass is 127. The molecule has 1 saturated heterocycles. The monoisotopic (exact) mass is 558 g/mol. The van der Waals surface area contributed by atoms with E-state index in [0.717, 1.165) is 43.3 Å². The number of guanidine groups is 1. The maximum atomic E-state index is 13.9. The summed E-state index contributed by atoms with van der Waals surface area (Å²) < 4.78 is 24.0. The molecule has 0 unspecified atom stereocenters. The standard InChI is InChI=1S/C23H31FN4O3.HI/c1-25-23(26-9-8-18-5-6-19(30-2)15-21(18)29)28-12-10-27(11-13-28)16-17-4-7-22(31-3)20(24)14-17;/h4-7,14-15,29H,8-13,16H2,1-3H3,(H,25,26);1H. The van der Waals surface area contributed by atoms with Gasteiger partial charge in [0.15, 0.2) is 17.5 Å². The fraction of sp³-hybridized carbons (Fsp3) is 0.435. The van der Waals surface area contributed by atoms with Crippen molar-refractivity contribution in [3.63, 3.8) is 0 Å². The van der Waals surface area contributed by atoms with Crippen LogP contribution in [0.3, 0.4) is 0 Å². The number of halogens is 2. The molecule has 0 saturated carbocycles. The minimum absolute atomic E-state index is 0. The zero-order valence-corrected chi connectivity index (χ0v) is 21.1. The van der Waals surface area contributed by atoms with Gasteiger partial charge in [-0.15, -0.1) is 24.0 Å². The minimum Gasteiger partial charge on any atom is -0.508 e. The molecule has 0 aliphatic carbocycles. The van der Waals surface area contributed by atoms with Crippen LogP contribution >= 0.6 is 24.0 Å². The highest BCUT2D eigenvalue weighted by Gasteiger charge is 2.20. The average molecular weight is 558 g/mol. The molecule has 1 fully saturated rings. The molecule has 0 spiro atoms. The van der Waals surface area contributed by atoms with Gasteiger partial charge >= 0.3 is 0 Å². The number of phenols is 1. The van der Waals surface area contributed by atoms with E-state index in [9.17, 15) is 9.50 Å². The lowest BCUT2D eigenvalue weighted by Gasteiger charge is -2.36. The molecule has 0 bridgehead atoms. The van der Waals surface area contributed by atoms with Crippen LogP contribution in [0.4, 0.5) is 4.39 Å². The number of aromatic hydroxyl groups is 1. The number of hydrogen-bond acceptors (Lipinski definition) is 5. The molecule has 7 nitrogen and oxygen atoms in total. The van der Waals surface area contributed by atoms with Gasteiger partial charge in [-0.1, -0.05) is 12.1 Å². The summed E-state index contributed by atoms with van der Waals surface area (Å²) >= 11 is 0. The van der Waals surface area contributed by atoms with Crippen LogP contribution in [0.1, 0.15) is 11.1 Å². The number of methoxy groups -OCH3 is 2. The third-order valence-corrected chi connectivity index (χ3v) is 5.48. The summed E-state index contributed by atoms with van der Waals surface area (Å²) in [5.41, 5.74) is 1.80. The van der Waals surface area contributed by atoms with Crippen molar-refractivity contribution in [2.75, 3.05) is 54.0 Å². The van der Waals surface area contributed by atoms with Crippen molar-refractivity contribution in [2.24, 2.45) is 4.99 Å². The zero-order chi connectivity index (χ0) is 22.2. The molecule has 3 rings (SSSR count). The fourth-order valence-electron chi connectivity index (χ4n) is 3.71. The summed E-state index contributed by atoms with van der Waals surface area (Å²) in [6.45, 7) is 4.79. The van der Waals surface area contributed by atoms with Gasteiger partial charge in [0.05, 0.1) is 14.2 Å². The number of nitrogens with zero attached hydrogens (tertiary/aromatic N) is 3. The first-order chi connectivity index (χ1) is 15.0. The average Bonchev–Trinajstić information content (AvgIpc) is 2.78. The van der Waals surface area contributed by atoms with Gasteiger partial charge in [0.1, 0.15) is 11.5 Å². The maximum absolute atomic E-state index is 13.9. The molecule has 2 aromatic carbocycles. The first kappa shape index (κ1) is 26.0. The summed E-state index contributed by atoms with van der Waals surface area (Å²) in [5, 5.41) is 13.5. The normalized spacial score (nSPS) is 14.6. The molecular formula is C23H32FIN4O3. The van der Waals surface area contributed by atoms with Crippen LogP contribution in [-0.4, -0.2) is 74.9 Å². The SMILES string of the molecule is CN=C(NCCc1ccc(OC)cc1O)N1CCN(Cc2ccc(OC)c(F)c2)CC1.I. The van der Waals surface area contributed by atoms with Crippen LogP contribution < -0.4 is 14.8 Å². The Morgan fingerprint density at radius 1 is 1.09 bits per heavy atom. The van der Waals surface area contributed by atoms with E-state index in [-0.39, 0.29) is 41.3 Å². The Labute approximate surface area is 206 Å².